The molecule has 0 aliphatic carbocycles. The molecule has 15 heavy (non-hydrogen) atoms. The van der Waals surface area contributed by atoms with E-state index in [4.69, 9.17) is 5.73 Å². The molecule has 0 bridgehead atoms. The first-order chi connectivity index (χ1) is 7.35. The number of rotatable bonds is 4. The summed E-state index contributed by atoms with van der Waals surface area (Å²) in [5.41, 5.74) is 5.49. The van der Waals surface area contributed by atoms with Gasteiger partial charge >= 0.3 is 0 Å². The molecule has 2 rings (SSSR count). The third kappa shape index (κ3) is 2.30. The van der Waals surface area contributed by atoms with Crippen molar-refractivity contribution in [2.45, 2.75) is 18.4 Å². The van der Waals surface area contributed by atoms with Gasteiger partial charge in [0.1, 0.15) is 16.2 Å². The minimum absolute atomic E-state index is 0.681. The largest absolute Gasteiger partial charge is 0.330 e. The zero-order valence-corrected chi connectivity index (χ0v) is 10.2. The number of thiophene rings is 1. The van der Waals surface area contributed by atoms with Gasteiger partial charge in [-0.3, -0.25) is 0 Å². The van der Waals surface area contributed by atoms with Gasteiger partial charge in [-0.2, -0.15) is 0 Å². The first-order valence-electron chi connectivity index (χ1n) is 4.91. The molecule has 0 saturated heterocycles. The van der Waals surface area contributed by atoms with Gasteiger partial charge in [-0.05, 0) is 12.5 Å². The van der Waals surface area contributed by atoms with Crippen LogP contribution in [0.1, 0.15) is 11.8 Å². The van der Waals surface area contributed by atoms with Crippen molar-refractivity contribution in [1.29, 1.82) is 0 Å². The zero-order chi connectivity index (χ0) is 10.7. The molecule has 2 heterocycles. The molecule has 0 atom stereocenters. The van der Waals surface area contributed by atoms with Crippen molar-refractivity contribution in [3.63, 3.8) is 0 Å². The standard InChI is InChI=1S/C10H13N3S2/c1-2-7-5-8-9(14-4-3-11)12-6-13-10(8)15-7/h5-6H,2-4,11H2,1H3. The molecule has 3 nitrogen and oxygen atoms in total. The van der Waals surface area contributed by atoms with Crippen LogP contribution in [0, 0.1) is 0 Å². The third-order valence-corrected chi connectivity index (χ3v) is 4.27. The molecule has 0 fully saturated rings. The van der Waals surface area contributed by atoms with Gasteiger partial charge in [0.15, 0.2) is 0 Å². The normalized spacial score (nSPS) is 11.1. The summed E-state index contributed by atoms with van der Waals surface area (Å²) in [6.45, 7) is 2.84. The Kier molecular flexibility index (Phi) is 3.56. The van der Waals surface area contributed by atoms with Crippen LogP contribution in [0.15, 0.2) is 17.4 Å². The number of hydrogen-bond donors (Lipinski definition) is 1. The highest BCUT2D eigenvalue weighted by atomic mass is 32.2. The van der Waals surface area contributed by atoms with E-state index in [0.29, 0.717) is 6.54 Å². The molecular weight excluding hydrogens is 226 g/mol. The van der Waals surface area contributed by atoms with E-state index < -0.39 is 0 Å². The minimum Gasteiger partial charge on any atom is -0.330 e. The van der Waals surface area contributed by atoms with Crippen molar-refractivity contribution in [3.05, 3.63) is 17.3 Å². The van der Waals surface area contributed by atoms with Crippen LogP contribution in [0.4, 0.5) is 0 Å². The maximum absolute atomic E-state index is 5.49. The first kappa shape index (κ1) is 10.9. The fourth-order valence-electron chi connectivity index (χ4n) is 1.33. The van der Waals surface area contributed by atoms with Crippen molar-refractivity contribution in [3.8, 4) is 0 Å². The summed E-state index contributed by atoms with van der Waals surface area (Å²) in [6.07, 6.45) is 2.69. The molecule has 0 unspecified atom stereocenters. The topological polar surface area (TPSA) is 51.8 Å². The number of nitrogens with zero attached hydrogens (tertiary/aromatic N) is 2. The van der Waals surface area contributed by atoms with E-state index in [2.05, 4.69) is 23.0 Å². The van der Waals surface area contributed by atoms with Gasteiger partial charge in [0.2, 0.25) is 0 Å². The molecule has 80 valence electrons. The minimum atomic E-state index is 0.681. The van der Waals surface area contributed by atoms with Gasteiger partial charge in [0, 0.05) is 22.6 Å². The highest BCUT2D eigenvalue weighted by Gasteiger charge is 2.07. The molecule has 2 aromatic rings. The second-order valence-electron chi connectivity index (χ2n) is 3.10. The summed E-state index contributed by atoms with van der Waals surface area (Å²) in [4.78, 5) is 11.0. The Morgan fingerprint density at radius 3 is 3.07 bits per heavy atom. The Morgan fingerprint density at radius 2 is 2.33 bits per heavy atom. The van der Waals surface area contributed by atoms with Crippen molar-refractivity contribution >= 4 is 33.3 Å². The molecular formula is C10H13N3S2. The maximum Gasteiger partial charge on any atom is 0.128 e. The van der Waals surface area contributed by atoms with Crippen LogP contribution in [0.25, 0.3) is 10.2 Å². The van der Waals surface area contributed by atoms with Crippen LogP contribution >= 0.6 is 23.1 Å². The van der Waals surface area contributed by atoms with Gasteiger partial charge in [-0.25, -0.2) is 9.97 Å². The highest BCUT2D eigenvalue weighted by Crippen LogP contribution is 2.30. The molecule has 0 aliphatic heterocycles. The molecule has 5 heteroatoms. The average molecular weight is 239 g/mol. The molecule has 2 aromatic heterocycles. The van der Waals surface area contributed by atoms with E-state index in [1.807, 2.05) is 0 Å². The average Bonchev–Trinajstić information content (AvgIpc) is 2.69. The van der Waals surface area contributed by atoms with Crippen LogP contribution in [-0.4, -0.2) is 22.3 Å². The predicted octanol–water partition coefficient (Wildman–Crippen LogP) is 2.30. The summed E-state index contributed by atoms with van der Waals surface area (Å²) in [6, 6.07) is 2.19. The lowest BCUT2D eigenvalue weighted by atomic mass is 10.3. The zero-order valence-electron chi connectivity index (χ0n) is 8.56. The summed E-state index contributed by atoms with van der Waals surface area (Å²) in [5.74, 6) is 0.906. The van der Waals surface area contributed by atoms with Gasteiger partial charge < -0.3 is 5.73 Å². The quantitative estimate of drug-likeness (QED) is 0.657. The highest BCUT2D eigenvalue weighted by molar-refractivity contribution is 7.99. The fourth-order valence-corrected chi connectivity index (χ4v) is 3.07. The number of aromatic nitrogens is 2. The molecule has 0 radical (unpaired) electrons. The molecule has 0 aliphatic rings. The summed E-state index contributed by atoms with van der Waals surface area (Å²) in [5, 5.41) is 2.24. The first-order valence-corrected chi connectivity index (χ1v) is 6.71. The van der Waals surface area contributed by atoms with Gasteiger partial charge in [-0.1, -0.05) is 6.92 Å². The lowest BCUT2D eigenvalue weighted by Gasteiger charge is -1.98. The number of hydrogen-bond acceptors (Lipinski definition) is 5. The summed E-state index contributed by atoms with van der Waals surface area (Å²) < 4.78 is 0. The molecule has 0 saturated carbocycles. The van der Waals surface area contributed by atoms with Crippen LogP contribution in [-0.2, 0) is 6.42 Å². The Balaban J connectivity index is 2.40. The van der Waals surface area contributed by atoms with Crippen molar-refractivity contribution in [2.24, 2.45) is 5.73 Å². The van der Waals surface area contributed by atoms with Crippen LogP contribution in [0.3, 0.4) is 0 Å². The molecule has 0 spiro atoms. The van der Waals surface area contributed by atoms with E-state index >= 15 is 0 Å². The Labute approximate surface area is 97.1 Å². The Bertz CT molecular complexity index is 453. The molecule has 0 aromatic carbocycles. The van der Waals surface area contributed by atoms with Crippen molar-refractivity contribution in [2.75, 3.05) is 12.3 Å². The van der Waals surface area contributed by atoms with Crippen molar-refractivity contribution < 1.29 is 0 Å². The Hall–Kier alpha value is -0.650. The number of nitrogens with two attached hydrogens (primary N) is 1. The fraction of sp³-hybridized carbons (Fsp3) is 0.400. The van der Waals surface area contributed by atoms with Crippen LogP contribution in [0.5, 0.6) is 0 Å². The van der Waals surface area contributed by atoms with E-state index in [0.717, 1.165) is 22.0 Å². The van der Waals surface area contributed by atoms with Gasteiger partial charge in [-0.15, -0.1) is 23.1 Å². The maximum atomic E-state index is 5.49. The lowest BCUT2D eigenvalue weighted by Crippen LogP contribution is -2.01. The number of fused-ring (bicyclic) bond motifs is 1. The Morgan fingerprint density at radius 1 is 1.47 bits per heavy atom. The SMILES string of the molecule is CCc1cc2c(SCCN)ncnc2s1. The summed E-state index contributed by atoms with van der Waals surface area (Å²) >= 11 is 3.45. The molecule has 2 N–H and O–H groups in total. The van der Waals surface area contributed by atoms with E-state index in [9.17, 15) is 0 Å². The molecule has 0 amide bonds. The number of thioether (sulfide) groups is 1. The van der Waals surface area contributed by atoms with Gasteiger partial charge in [0.25, 0.3) is 0 Å². The smallest absolute Gasteiger partial charge is 0.128 e. The van der Waals surface area contributed by atoms with E-state index in [1.165, 1.54) is 10.3 Å². The summed E-state index contributed by atoms with van der Waals surface area (Å²) in [7, 11) is 0. The van der Waals surface area contributed by atoms with E-state index in [-0.39, 0.29) is 0 Å². The predicted molar refractivity (Wildman–Crippen MR) is 66.6 cm³/mol. The monoisotopic (exact) mass is 239 g/mol. The lowest BCUT2D eigenvalue weighted by molar-refractivity contribution is 1.09. The number of aryl methyl sites for hydroxylation is 1. The third-order valence-electron chi connectivity index (χ3n) is 2.05. The van der Waals surface area contributed by atoms with Crippen LogP contribution in [0.2, 0.25) is 0 Å². The second kappa shape index (κ2) is 4.92. The van der Waals surface area contributed by atoms with Crippen LogP contribution < -0.4 is 5.73 Å². The van der Waals surface area contributed by atoms with Gasteiger partial charge in [0.05, 0.1) is 0 Å². The van der Waals surface area contributed by atoms with Crippen molar-refractivity contribution in [1.82, 2.24) is 9.97 Å². The van der Waals surface area contributed by atoms with E-state index in [1.54, 1.807) is 29.4 Å². The second-order valence-corrected chi connectivity index (χ2v) is 5.30.